The summed E-state index contributed by atoms with van der Waals surface area (Å²) >= 11 is 8.14. The Morgan fingerprint density at radius 3 is 2.72 bits per heavy atom. The summed E-state index contributed by atoms with van der Waals surface area (Å²) in [6.45, 7) is 2.24. The average Bonchev–Trinajstić information content (AvgIpc) is 2.25. The van der Waals surface area contributed by atoms with Gasteiger partial charge in [0.1, 0.15) is 4.99 Å². The molecule has 5 nitrogen and oxygen atoms in total. The van der Waals surface area contributed by atoms with Crippen molar-refractivity contribution in [3.8, 4) is 0 Å². The summed E-state index contributed by atoms with van der Waals surface area (Å²) in [5.74, 6) is 0. The number of anilines is 1. The highest BCUT2D eigenvalue weighted by molar-refractivity contribution is 9.10. The van der Waals surface area contributed by atoms with Crippen LogP contribution in [0.2, 0.25) is 0 Å². The van der Waals surface area contributed by atoms with Crippen LogP contribution in [0.1, 0.15) is 18.9 Å². The van der Waals surface area contributed by atoms with Crippen LogP contribution in [0, 0.1) is 0 Å². The molecule has 0 saturated carbocycles. The quantitative estimate of drug-likeness (QED) is 0.681. The van der Waals surface area contributed by atoms with Gasteiger partial charge in [0.05, 0.1) is 5.69 Å². The Bertz CT molecular complexity index is 546. The predicted molar refractivity (Wildman–Crippen MR) is 80.9 cm³/mol. The summed E-state index contributed by atoms with van der Waals surface area (Å²) in [6.07, 6.45) is 0.710. The van der Waals surface area contributed by atoms with Gasteiger partial charge in [0.25, 0.3) is 10.2 Å². The van der Waals surface area contributed by atoms with E-state index in [0.29, 0.717) is 24.2 Å². The second-order valence-corrected chi connectivity index (χ2v) is 6.41. The number of halogens is 1. The Morgan fingerprint density at radius 2 is 2.17 bits per heavy atom. The number of hydrogen-bond acceptors (Lipinski definition) is 3. The van der Waals surface area contributed by atoms with E-state index in [4.69, 9.17) is 18.0 Å². The second kappa shape index (κ2) is 6.46. The SMILES string of the molecule is CCCNS(=O)(=O)Nc1cc(Br)ccc1C(N)=S. The first-order valence-electron chi connectivity index (χ1n) is 5.22. The number of hydrogen-bond donors (Lipinski definition) is 3. The lowest BCUT2D eigenvalue weighted by Crippen LogP contribution is -2.31. The molecule has 0 radical (unpaired) electrons. The molecule has 0 bridgehead atoms. The van der Waals surface area contributed by atoms with Crippen molar-refractivity contribution in [3.63, 3.8) is 0 Å². The summed E-state index contributed by atoms with van der Waals surface area (Å²) in [5, 5.41) is 0. The minimum absolute atomic E-state index is 0.135. The molecule has 0 fully saturated rings. The van der Waals surface area contributed by atoms with Gasteiger partial charge >= 0.3 is 0 Å². The third-order valence-corrected chi connectivity index (χ3v) is 3.82. The Kier molecular flexibility index (Phi) is 5.51. The summed E-state index contributed by atoms with van der Waals surface area (Å²) in [4.78, 5) is 0.135. The first kappa shape index (κ1) is 15.4. The molecule has 0 atom stereocenters. The highest BCUT2D eigenvalue weighted by Crippen LogP contribution is 2.22. The number of benzene rings is 1. The first-order valence-corrected chi connectivity index (χ1v) is 7.91. The van der Waals surface area contributed by atoms with Crippen molar-refractivity contribution in [2.45, 2.75) is 13.3 Å². The zero-order chi connectivity index (χ0) is 13.8. The maximum atomic E-state index is 11.7. The fraction of sp³-hybridized carbons (Fsp3) is 0.300. The Balaban J connectivity index is 3.02. The summed E-state index contributed by atoms with van der Waals surface area (Å²) in [5.41, 5.74) is 6.37. The Morgan fingerprint density at radius 1 is 1.50 bits per heavy atom. The van der Waals surface area contributed by atoms with Crippen LogP contribution in [0.3, 0.4) is 0 Å². The van der Waals surface area contributed by atoms with Gasteiger partial charge in [-0.3, -0.25) is 4.72 Å². The first-order chi connectivity index (χ1) is 8.35. The van der Waals surface area contributed by atoms with Crippen molar-refractivity contribution in [1.82, 2.24) is 4.72 Å². The van der Waals surface area contributed by atoms with Gasteiger partial charge in [-0.05, 0) is 24.6 Å². The average molecular weight is 352 g/mol. The van der Waals surface area contributed by atoms with Gasteiger partial charge in [0.15, 0.2) is 0 Å². The summed E-state index contributed by atoms with van der Waals surface area (Å²) in [7, 11) is -3.61. The van der Waals surface area contributed by atoms with Gasteiger partial charge in [-0.2, -0.15) is 13.1 Å². The minimum Gasteiger partial charge on any atom is -0.389 e. The third kappa shape index (κ3) is 4.52. The molecule has 0 aromatic heterocycles. The molecule has 0 aliphatic rings. The predicted octanol–water partition coefficient (Wildman–Crippen LogP) is 1.74. The minimum atomic E-state index is -3.61. The molecule has 0 unspecified atom stereocenters. The van der Waals surface area contributed by atoms with Crippen molar-refractivity contribution < 1.29 is 8.42 Å². The molecule has 0 aliphatic carbocycles. The summed E-state index contributed by atoms with van der Waals surface area (Å²) < 4.78 is 29.0. The van der Waals surface area contributed by atoms with Crippen molar-refractivity contribution in [2.75, 3.05) is 11.3 Å². The van der Waals surface area contributed by atoms with Crippen molar-refractivity contribution >= 4 is 49.0 Å². The zero-order valence-electron chi connectivity index (χ0n) is 9.73. The maximum absolute atomic E-state index is 11.7. The molecule has 1 aromatic rings. The lowest BCUT2D eigenvalue weighted by Gasteiger charge is -2.12. The lowest BCUT2D eigenvalue weighted by atomic mass is 10.2. The van der Waals surface area contributed by atoms with Crippen LogP contribution in [0.4, 0.5) is 5.69 Å². The standard InChI is InChI=1S/C10H14BrN3O2S2/c1-2-5-13-18(15,16)14-9-6-7(11)3-4-8(9)10(12)17/h3-4,6,13-14H,2,5H2,1H3,(H2,12,17). The van der Waals surface area contributed by atoms with Gasteiger partial charge in [-0.15, -0.1) is 0 Å². The molecule has 4 N–H and O–H groups in total. The van der Waals surface area contributed by atoms with Gasteiger partial charge in [0.2, 0.25) is 0 Å². The van der Waals surface area contributed by atoms with Crippen molar-refractivity contribution in [1.29, 1.82) is 0 Å². The van der Waals surface area contributed by atoms with Crippen LogP contribution < -0.4 is 15.2 Å². The van der Waals surface area contributed by atoms with Gasteiger partial charge < -0.3 is 5.73 Å². The van der Waals surface area contributed by atoms with Crippen LogP contribution in [0.5, 0.6) is 0 Å². The third-order valence-electron chi connectivity index (χ3n) is 2.03. The van der Waals surface area contributed by atoms with Crippen LogP contribution in [0.15, 0.2) is 22.7 Å². The fourth-order valence-corrected chi connectivity index (χ4v) is 2.78. The Hall–Kier alpha value is -0.700. The zero-order valence-corrected chi connectivity index (χ0v) is 13.0. The molecule has 8 heteroatoms. The highest BCUT2D eigenvalue weighted by atomic mass is 79.9. The van der Waals surface area contributed by atoms with E-state index < -0.39 is 10.2 Å². The molecule has 1 rings (SSSR count). The van der Waals surface area contributed by atoms with E-state index in [1.54, 1.807) is 18.2 Å². The molecule has 0 spiro atoms. The molecule has 1 aromatic carbocycles. The number of rotatable bonds is 6. The topological polar surface area (TPSA) is 84.2 Å². The molecule has 0 aliphatic heterocycles. The monoisotopic (exact) mass is 351 g/mol. The number of nitrogens with one attached hydrogen (secondary N) is 2. The van der Waals surface area contributed by atoms with Crippen LogP contribution >= 0.6 is 28.1 Å². The second-order valence-electron chi connectivity index (χ2n) is 3.55. The molecule has 18 heavy (non-hydrogen) atoms. The molecule has 0 heterocycles. The lowest BCUT2D eigenvalue weighted by molar-refractivity contribution is 0.586. The number of nitrogens with two attached hydrogens (primary N) is 1. The largest absolute Gasteiger partial charge is 0.389 e. The molecule has 0 amide bonds. The maximum Gasteiger partial charge on any atom is 0.299 e. The van der Waals surface area contributed by atoms with E-state index in [0.717, 1.165) is 4.47 Å². The molecular formula is C10H14BrN3O2S2. The highest BCUT2D eigenvalue weighted by Gasteiger charge is 2.13. The smallest absolute Gasteiger partial charge is 0.299 e. The molecule has 100 valence electrons. The Labute approximate surface area is 120 Å². The van der Waals surface area contributed by atoms with Gasteiger partial charge in [-0.25, -0.2) is 0 Å². The number of thiocarbonyl (C=S) groups is 1. The molecule has 0 saturated heterocycles. The van der Waals surface area contributed by atoms with Crippen molar-refractivity contribution in [3.05, 3.63) is 28.2 Å². The summed E-state index contributed by atoms with van der Waals surface area (Å²) in [6, 6.07) is 5.01. The van der Waals surface area contributed by atoms with Crippen molar-refractivity contribution in [2.24, 2.45) is 5.73 Å². The van der Waals surface area contributed by atoms with Crippen LogP contribution in [-0.4, -0.2) is 20.0 Å². The van der Waals surface area contributed by atoms with Crippen LogP contribution in [-0.2, 0) is 10.2 Å². The van der Waals surface area contributed by atoms with E-state index in [9.17, 15) is 8.42 Å². The van der Waals surface area contributed by atoms with E-state index in [-0.39, 0.29) is 4.99 Å². The van der Waals surface area contributed by atoms with Crippen LogP contribution in [0.25, 0.3) is 0 Å². The van der Waals surface area contributed by atoms with E-state index in [2.05, 4.69) is 25.4 Å². The van der Waals surface area contributed by atoms with E-state index in [1.807, 2.05) is 6.92 Å². The van der Waals surface area contributed by atoms with Gasteiger partial charge in [-0.1, -0.05) is 35.1 Å². The molecular weight excluding hydrogens is 338 g/mol. The van der Waals surface area contributed by atoms with Gasteiger partial charge in [0, 0.05) is 16.6 Å². The van der Waals surface area contributed by atoms with E-state index >= 15 is 0 Å². The van der Waals surface area contributed by atoms with E-state index in [1.165, 1.54) is 0 Å². The normalized spacial score (nSPS) is 11.2. The fourth-order valence-electron chi connectivity index (χ4n) is 1.23.